The molecule has 0 radical (unpaired) electrons. The summed E-state index contributed by atoms with van der Waals surface area (Å²) in [6.07, 6.45) is 9.77. The van der Waals surface area contributed by atoms with E-state index in [2.05, 4.69) is 46.1 Å². The molecule has 1 atom stereocenters. The Balaban J connectivity index is 1.42. The van der Waals surface area contributed by atoms with Gasteiger partial charge in [0.2, 0.25) is 5.91 Å². The van der Waals surface area contributed by atoms with Crippen LogP contribution in [0.25, 0.3) is 0 Å². The molecule has 0 saturated carbocycles. The normalized spacial score (nSPS) is 17.4. The van der Waals surface area contributed by atoms with Crippen molar-refractivity contribution < 1.29 is 4.79 Å². The second-order valence-electron chi connectivity index (χ2n) is 7.96. The molecule has 2 aromatic rings. The number of aromatic nitrogens is 2. The molecule has 1 amide bonds. The van der Waals surface area contributed by atoms with E-state index in [1.54, 1.807) is 18.6 Å². The number of carbonyl (C=O) groups is 1. The zero-order valence-corrected chi connectivity index (χ0v) is 17.2. The van der Waals surface area contributed by atoms with Gasteiger partial charge < -0.3 is 9.80 Å². The Morgan fingerprint density at radius 2 is 2.11 bits per heavy atom. The maximum atomic E-state index is 12.5. The highest BCUT2D eigenvalue weighted by molar-refractivity contribution is 5.76. The number of likely N-dealkylation sites (tertiary alicyclic amines) is 1. The quantitative estimate of drug-likeness (QED) is 0.706. The van der Waals surface area contributed by atoms with E-state index in [4.69, 9.17) is 0 Å². The molecule has 2 heterocycles. The number of carbonyl (C=O) groups excluding carboxylic acids is 1. The average Bonchev–Trinajstić information content (AvgIpc) is 2.72. The summed E-state index contributed by atoms with van der Waals surface area (Å²) in [7, 11) is 1.94. The second-order valence-corrected chi connectivity index (χ2v) is 7.96. The van der Waals surface area contributed by atoms with Gasteiger partial charge >= 0.3 is 0 Å². The van der Waals surface area contributed by atoms with Crippen molar-refractivity contribution >= 4 is 5.91 Å². The third-order valence-electron chi connectivity index (χ3n) is 5.73. The van der Waals surface area contributed by atoms with Gasteiger partial charge in [-0.1, -0.05) is 24.3 Å². The number of piperidine rings is 1. The fraction of sp³-hybridized carbons (Fsp3) is 0.522. The number of nitrogens with zero attached hydrogens (tertiary/aromatic N) is 4. The molecule has 3 rings (SSSR count). The van der Waals surface area contributed by atoms with Gasteiger partial charge in [-0.15, -0.1) is 0 Å². The first kappa shape index (κ1) is 20.5. The Labute approximate surface area is 168 Å². The summed E-state index contributed by atoms with van der Waals surface area (Å²) in [5, 5.41) is 0. The number of benzene rings is 1. The smallest absolute Gasteiger partial charge is 0.222 e. The molecule has 1 saturated heterocycles. The maximum Gasteiger partial charge on any atom is 0.222 e. The molecule has 5 nitrogen and oxygen atoms in total. The third-order valence-corrected chi connectivity index (χ3v) is 5.73. The first-order valence-corrected chi connectivity index (χ1v) is 10.4. The lowest BCUT2D eigenvalue weighted by Gasteiger charge is -2.35. The molecule has 150 valence electrons. The van der Waals surface area contributed by atoms with Crippen LogP contribution in [-0.4, -0.2) is 58.9 Å². The van der Waals surface area contributed by atoms with E-state index in [1.807, 2.05) is 11.9 Å². The molecule has 1 aliphatic rings. The van der Waals surface area contributed by atoms with Gasteiger partial charge in [0.15, 0.2) is 0 Å². The van der Waals surface area contributed by atoms with Crippen LogP contribution < -0.4 is 0 Å². The summed E-state index contributed by atoms with van der Waals surface area (Å²) >= 11 is 0. The minimum Gasteiger partial charge on any atom is -0.345 e. The number of amides is 1. The highest BCUT2D eigenvalue weighted by Gasteiger charge is 2.22. The fourth-order valence-corrected chi connectivity index (χ4v) is 4.05. The molecule has 0 spiro atoms. The summed E-state index contributed by atoms with van der Waals surface area (Å²) in [5.74, 6) is 0.763. The predicted molar refractivity (Wildman–Crippen MR) is 112 cm³/mol. The van der Waals surface area contributed by atoms with E-state index in [0.29, 0.717) is 18.8 Å². The Bertz CT molecular complexity index is 749. The minimum atomic E-state index is 0.197. The molecule has 0 bridgehead atoms. The van der Waals surface area contributed by atoms with E-state index < -0.39 is 0 Å². The highest BCUT2D eigenvalue weighted by atomic mass is 16.2. The predicted octanol–water partition coefficient (Wildman–Crippen LogP) is 3.13. The topological polar surface area (TPSA) is 49.3 Å². The zero-order chi connectivity index (χ0) is 19.8. The first-order chi connectivity index (χ1) is 13.6. The zero-order valence-electron chi connectivity index (χ0n) is 17.2. The lowest BCUT2D eigenvalue weighted by atomic mass is 9.96. The van der Waals surface area contributed by atoms with Crippen LogP contribution in [0, 0.1) is 12.8 Å². The average molecular weight is 381 g/mol. The number of aryl methyl sites for hydroxylation is 2. The Hall–Kier alpha value is -2.27. The van der Waals surface area contributed by atoms with Crippen molar-refractivity contribution in [1.29, 1.82) is 0 Å². The van der Waals surface area contributed by atoms with E-state index in [-0.39, 0.29) is 5.91 Å². The maximum absolute atomic E-state index is 12.5. The van der Waals surface area contributed by atoms with Crippen molar-refractivity contribution in [1.82, 2.24) is 19.8 Å². The number of hydrogen-bond acceptors (Lipinski definition) is 4. The molecule has 1 aromatic carbocycles. The molecular formula is C23H32N4O. The molecule has 1 aromatic heterocycles. The summed E-state index contributed by atoms with van der Waals surface area (Å²) in [4.78, 5) is 25.3. The molecule has 1 aliphatic heterocycles. The van der Waals surface area contributed by atoms with Gasteiger partial charge in [-0.3, -0.25) is 14.8 Å². The third kappa shape index (κ3) is 6.13. The highest BCUT2D eigenvalue weighted by Crippen LogP contribution is 2.19. The molecule has 28 heavy (non-hydrogen) atoms. The van der Waals surface area contributed by atoms with Crippen LogP contribution in [-0.2, 0) is 17.6 Å². The van der Waals surface area contributed by atoms with Gasteiger partial charge in [-0.05, 0) is 56.2 Å². The van der Waals surface area contributed by atoms with E-state index in [0.717, 1.165) is 31.7 Å². The van der Waals surface area contributed by atoms with E-state index in [9.17, 15) is 4.79 Å². The lowest BCUT2D eigenvalue weighted by Crippen LogP contribution is -2.42. The molecule has 0 aliphatic carbocycles. The summed E-state index contributed by atoms with van der Waals surface area (Å²) in [5.41, 5.74) is 3.70. The van der Waals surface area contributed by atoms with Crippen molar-refractivity contribution in [3.05, 3.63) is 59.7 Å². The van der Waals surface area contributed by atoms with Crippen molar-refractivity contribution in [3.63, 3.8) is 0 Å². The summed E-state index contributed by atoms with van der Waals surface area (Å²) < 4.78 is 0. The minimum absolute atomic E-state index is 0.197. The van der Waals surface area contributed by atoms with Crippen molar-refractivity contribution in [2.45, 2.75) is 39.0 Å². The standard InChI is InChI=1S/C23H32N4O/c1-19-6-3-4-8-21(19)11-15-27-14-5-7-20(18-27)17-26(2)23(28)10-9-22-16-24-12-13-25-22/h3-4,6,8,12-13,16,20H,5,7,9-11,14-15,17-18H2,1-2H3. The fourth-order valence-electron chi connectivity index (χ4n) is 4.05. The van der Waals surface area contributed by atoms with Gasteiger partial charge in [0.25, 0.3) is 0 Å². The molecule has 1 fully saturated rings. The van der Waals surface area contributed by atoms with Gasteiger partial charge in [0.05, 0.1) is 5.69 Å². The van der Waals surface area contributed by atoms with E-state index >= 15 is 0 Å². The number of hydrogen-bond donors (Lipinski definition) is 0. The Kier molecular flexibility index (Phi) is 7.54. The van der Waals surface area contributed by atoms with Crippen LogP contribution in [0.1, 0.15) is 36.1 Å². The van der Waals surface area contributed by atoms with Crippen LogP contribution in [0.3, 0.4) is 0 Å². The van der Waals surface area contributed by atoms with Crippen LogP contribution >= 0.6 is 0 Å². The Morgan fingerprint density at radius 3 is 2.89 bits per heavy atom. The second kappa shape index (κ2) is 10.3. The van der Waals surface area contributed by atoms with Crippen LogP contribution in [0.4, 0.5) is 0 Å². The Morgan fingerprint density at radius 1 is 1.25 bits per heavy atom. The van der Waals surface area contributed by atoms with Crippen molar-refractivity contribution in [2.24, 2.45) is 5.92 Å². The SMILES string of the molecule is Cc1ccccc1CCN1CCCC(CN(C)C(=O)CCc2cnccn2)C1. The first-order valence-electron chi connectivity index (χ1n) is 10.4. The van der Waals surface area contributed by atoms with Crippen molar-refractivity contribution in [2.75, 3.05) is 33.2 Å². The van der Waals surface area contributed by atoms with E-state index in [1.165, 1.54) is 30.5 Å². The number of rotatable bonds is 8. The van der Waals surface area contributed by atoms with Crippen LogP contribution in [0.2, 0.25) is 0 Å². The van der Waals surface area contributed by atoms with Gasteiger partial charge in [0, 0.05) is 51.7 Å². The monoisotopic (exact) mass is 380 g/mol. The van der Waals surface area contributed by atoms with Gasteiger partial charge in [-0.25, -0.2) is 0 Å². The van der Waals surface area contributed by atoms with Crippen LogP contribution in [0.5, 0.6) is 0 Å². The summed E-state index contributed by atoms with van der Waals surface area (Å²) in [6, 6.07) is 8.66. The van der Waals surface area contributed by atoms with Gasteiger partial charge in [0.1, 0.15) is 0 Å². The van der Waals surface area contributed by atoms with Crippen LogP contribution in [0.15, 0.2) is 42.9 Å². The molecule has 5 heteroatoms. The summed E-state index contributed by atoms with van der Waals surface area (Å²) in [6.45, 7) is 6.40. The lowest BCUT2D eigenvalue weighted by molar-refractivity contribution is -0.130. The van der Waals surface area contributed by atoms with Gasteiger partial charge in [-0.2, -0.15) is 0 Å². The largest absolute Gasteiger partial charge is 0.345 e. The molecular weight excluding hydrogens is 348 g/mol. The molecule has 1 unspecified atom stereocenters. The molecule has 0 N–H and O–H groups in total. The van der Waals surface area contributed by atoms with Crippen molar-refractivity contribution in [3.8, 4) is 0 Å².